The molecule has 0 aliphatic rings. The van der Waals surface area contributed by atoms with Crippen LogP contribution in [-0.4, -0.2) is 44.3 Å². The van der Waals surface area contributed by atoms with Gasteiger partial charge in [0.25, 0.3) is 10.0 Å². The van der Waals surface area contributed by atoms with Crippen molar-refractivity contribution >= 4 is 50.7 Å². The first-order valence-corrected chi connectivity index (χ1v) is 15.4. The van der Waals surface area contributed by atoms with E-state index >= 15 is 0 Å². The molecule has 3 aromatic rings. The molecule has 0 spiro atoms. The van der Waals surface area contributed by atoms with Crippen molar-refractivity contribution in [2.45, 2.75) is 51.6 Å². The molecule has 0 saturated heterocycles. The van der Waals surface area contributed by atoms with E-state index < -0.39 is 34.3 Å². The van der Waals surface area contributed by atoms with Crippen LogP contribution in [0.2, 0.25) is 10.0 Å². The summed E-state index contributed by atoms with van der Waals surface area (Å²) in [5.74, 6) is -1.28. The number of carbonyl (C=O) groups is 2. The van der Waals surface area contributed by atoms with Gasteiger partial charge in [0.05, 0.1) is 15.6 Å². The van der Waals surface area contributed by atoms with E-state index in [4.69, 9.17) is 23.2 Å². The lowest BCUT2D eigenvalue weighted by atomic mass is 10.1. The first-order valence-electron chi connectivity index (χ1n) is 13.2. The minimum atomic E-state index is -4.30. The maximum atomic E-state index is 14.1. The van der Waals surface area contributed by atoms with E-state index in [9.17, 15) is 22.4 Å². The number of sulfonamides is 1. The van der Waals surface area contributed by atoms with E-state index in [0.29, 0.717) is 12.1 Å². The summed E-state index contributed by atoms with van der Waals surface area (Å²) < 4.78 is 42.4. The van der Waals surface area contributed by atoms with E-state index in [1.165, 1.54) is 59.5 Å². The second kappa shape index (κ2) is 14.2. The lowest BCUT2D eigenvalue weighted by Gasteiger charge is -2.33. The molecule has 1 atom stereocenters. The van der Waals surface area contributed by atoms with Crippen LogP contribution in [0, 0.1) is 18.7 Å². The van der Waals surface area contributed by atoms with Crippen molar-refractivity contribution in [3.05, 3.63) is 93.7 Å². The number of carbonyl (C=O) groups excluding carboxylic acids is 2. The molecule has 0 heterocycles. The molecule has 0 fully saturated rings. The van der Waals surface area contributed by atoms with Crippen LogP contribution >= 0.6 is 23.2 Å². The maximum absolute atomic E-state index is 14.1. The Balaban J connectivity index is 2.08. The zero-order valence-electron chi connectivity index (χ0n) is 23.4. The van der Waals surface area contributed by atoms with Crippen LogP contribution in [0.4, 0.5) is 10.1 Å². The molecule has 1 N–H and O–H groups in total. The number of nitrogens with one attached hydrogen (secondary N) is 1. The van der Waals surface area contributed by atoms with Crippen LogP contribution in [0.15, 0.2) is 71.6 Å². The van der Waals surface area contributed by atoms with Crippen LogP contribution < -0.4 is 9.62 Å². The summed E-state index contributed by atoms with van der Waals surface area (Å²) in [6, 6.07) is 15.2. The molecule has 2 amide bonds. The molecule has 0 unspecified atom stereocenters. The summed E-state index contributed by atoms with van der Waals surface area (Å²) in [6.07, 6.45) is 0.263. The highest BCUT2D eigenvalue weighted by molar-refractivity contribution is 7.92. The topological polar surface area (TPSA) is 86.8 Å². The fraction of sp³-hybridized carbons (Fsp3) is 0.333. The van der Waals surface area contributed by atoms with Gasteiger partial charge in [-0.05, 0) is 67.3 Å². The predicted octanol–water partition coefficient (Wildman–Crippen LogP) is 6.22. The molecule has 0 saturated carbocycles. The van der Waals surface area contributed by atoms with Gasteiger partial charge in [-0.15, -0.1) is 0 Å². The molecule has 0 bridgehead atoms. The number of aryl methyl sites for hydroxylation is 1. The highest BCUT2D eigenvalue weighted by Gasteiger charge is 2.34. The Kier molecular flexibility index (Phi) is 11.2. The summed E-state index contributed by atoms with van der Waals surface area (Å²) in [5.41, 5.74) is 1.45. The quantitative estimate of drug-likeness (QED) is 0.260. The summed E-state index contributed by atoms with van der Waals surface area (Å²) in [7, 11) is -4.30. The first kappa shape index (κ1) is 32.4. The number of rotatable bonds is 12. The van der Waals surface area contributed by atoms with Gasteiger partial charge < -0.3 is 10.2 Å². The molecule has 0 aromatic heterocycles. The van der Waals surface area contributed by atoms with Gasteiger partial charge in [0.1, 0.15) is 18.4 Å². The zero-order chi connectivity index (χ0) is 30.3. The minimum Gasteiger partial charge on any atom is -0.354 e. The van der Waals surface area contributed by atoms with Crippen molar-refractivity contribution in [3.63, 3.8) is 0 Å². The summed E-state index contributed by atoms with van der Waals surface area (Å²) in [4.78, 5) is 28.6. The predicted molar refractivity (Wildman–Crippen MR) is 161 cm³/mol. The molecule has 0 radical (unpaired) electrons. The number of nitrogens with zero attached hydrogens (tertiary/aromatic N) is 2. The van der Waals surface area contributed by atoms with E-state index in [-0.39, 0.29) is 45.4 Å². The van der Waals surface area contributed by atoms with Crippen molar-refractivity contribution < 1.29 is 22.4 Å². The lowest BCUT2D eigenvalue weighted by molar-refractivity contribution is -0.140. The monoisotopic (exact) mass is 621 g/mol. The number of hydrogen-bond acceptors (Lipinski definition) is 4. The fourth-order valence-corrected chi connectivity index (χ4v) is 6.02. The molecule has 0 aliphatic heterocycles. The third-order valence-electron chi connectivity index (χ3n) is 6.40. The van der Waals surface area contributed by atoms with Gasteiger partial charge in [0.2, 0.25) is 11.8 Å². The van der Waals surface area contributed by atoms with E-state index in [2.05, 4.69) is 5.32 Å². The summed E-state index contributed by atoms with van der Waals surface area (Å²) in [6.45, 7) is 7.18. The summed E-state index contributed by atoms with van der Waals surface area (Å²) >= 11 is 12.7. The Bertz CT molecular complexity index is 1470. The Morgan fingerprint density at radius 2 is 1.61 bits per heavy atom. The number of halogens is 3. The van der Waals surface area contributed by atoms with Gasteiger partial charge in [-0.25, -0.2) is 12.8 Å². The molecule has 11 heteroatoms. The number of benzene rings is 3. The van der Waals surface area contributed by atoms with Crippen LogP contribution in [-0.2, 0) is 26.2 Å². The largest absolute Gasteiger partial charge is 0.354 e. The molecule has 3 rings (SSSR count). The van der Waals surface area contributed by atoms with Crippen molar-refractivity contribution in [2.75, 3.05) is 17.4 Å². The van der Waals surface area contributed by atoms with Crippen molar-refractivity contribution in [3.8, 4) is 0 Å². The Morgan fingerprint density at radius 3 is 2.20 bits per heavy atom. The van der Waals surface area contributed by atoms with Crippen molar-refractivity contribution in [1.29, 1.82) is 0 Å². The van der Waals surface area contributed by atoms with Crippen molar-refractivity contribution in [1.82, 2.24) is 10.2 Å². The molecular formula is C30H34Cl2FN3O4S. The van der Waals surface area contributed by atoms with Gasteiger partial charge in [-0.3, -0.25) is 13.9 Å². The van der Waals surface area contributed by atoms with Gasteiger partial charge in [-0.2, -0.15) is 0 Å². The zero-order valence-corrected chi connectivity index (χ0v) is 25.7. The molecule has 220 valence electrons. The van der Waals surface area contributed by atoms with Crippen LogP contribution in [0.5, 0.6) is 0 Å². The Hall–Kier alpha value is -3.14. The fourth-order valence-electron chi connectivity index (χ4n) is 4.16. The van der Waals surface area contributed by atoms with Gasteiger partial charge in [0, 0.05) is 18.1 Å². The molecule has 0 aliphatic carbocycles. The number of anilines is 1. The van der Waals surface area contributed by atoms with E-state index in [1.807, 2.05) is 20.8 Å². The SMILES string of the molecule is CC[C@@H](C(=O)NCC(C)C)N(Cc1ccc(F)cc1)C(=O)CN(c1cc(Cl)ccc1Cl)S(=O)(=O)c1ccc(C)cc1. The van der Waals surface area contributed by atoms with Crippen LogP contribution in [0.25, 0.3) is 0 Å². The Morgan fingerprint density at radius 1 is 0.976 bits per heavy atom. The van der Waals surface area contributed by atoms with Gasteiger partial charge in [-0.1, -0.05) is 73.8 Å². The van der Waals surface area contributed by atoms with Crippen LogP contribution in [0.3, 0.4) is 0 Å². The molecular weight excluding hydrogens is 588 g/mol. The van der Waals surface area contributed by atoms with Crippen LogP contribution in [0.1, 0.15) is 38.3 Å². The maximum Gasteiger partial charge on any atom is 0.264 e. The first-order chi connectivity index (χ1) is 19.3. The average molecular weight is 623 g/mol. The molecule has 3 aromatic carbocycles. The summed E-state index contributed by atoms with van der Waals surface area (Å²) in [5, 5.41) is 3.16. The lowest BCUT2D eigenvalue weighted by Crippen LogP contribution is -2.52. The smallest absolute Gasteiger partial charge is 0.264 e. The normalized spacial score (nSPS) is 12.2. The number of amides is 2. The van der Waals surface area contributed by atoms with E-state index in [0.717, 1.165) is 9.87 Å². The standard InChI is InChI=1S/C30H34Cl2FN3O4S/c1-5-27(30(38)34-17-20(2)3)35(18-22-8-11-24(33)12-9-22)29(37)19-36(28-16-23(31)10-15-26(28)32)41(39,40)25-13-6-21(4)7-14-25/h6-16,20,27H,5,17-19H2,1-4H3,(H,34,38)/t27-/m0/s1. The molecule has 41 heavy (non-hydrogen) atoms. The second-order valence-electron chi connectivity index (χ2n) is 10.1. The molecule has 7 nitrogen and oxygen atoms in total. The minimum absolute atomic E-state index is 0.0205. The highest BCUT2D eigenvalue weighted by atomic mass is 35.5. The number of hydrogen-bond donors (Lipinski definition) is 1. The van der Waals surface area contributed by atoms with Crippen molar-refractivity contribution in [2.24, 2.45) is 5.92 Å². The average Bonchev–Trinajstić information content (AvgIpc) is 2.93. The third-order valence-corrected chi connectivity index (χ3v) is 8.73. The van der Waals surface area contributed by atoms with Gasteiger partial charge >= 0.3 is 0 Å². The van der Waals surface area contributed by atoms with Gasteiger partial charge in [0.15, 0.2) is 0 Å². The third kappa shape index (κ3) is 8.44. The Labute approximate surface area is 251 Å². The van der Waals surface area contributed by atoms with E-state index in [1.54, 1.807) is 19.1 Å². The second-order valence-corrected chi connectivity index (χ2v) is 12.8. The highest BCUT2D eigenvalue weighted by Crippen LogP contribution is 2.33.